The molecule has 0 spiro atoms. The molecule has 0 aliphatic carbocycles. The summed E-state index contributed by atoms with van der Waals surface area (Å²) in [6.07, 6.45) is 5.94. The highest BCUT2D eigenvalue weighted by atomic mass is 127. The maximum Gasteiger partial charge on any atom is 0.219 e. The number of hydrogen-bond donors (Lipinski definition) is 2. The van der Waals surface area contributed by atoms with Gasteiger partial charge >= 0.3 is 0 Å². The number of nitrogens with zero attached hydrogens (tertiary/aromatic N) is 2. The Labute approximate surface area is 163 Å². The van der Waals surface area contributed by atoms with Crippen molar-refractivity contribution in [1.82, 2.24) is 15.5 Å². The molecule has 1 atom stereocenters. The van der Waals surface area contributed by atoms with Gasteiger partial charge in [-0.05, 0) is 44.9 Å². The molecule has 24 heavy (non-hydrogen) atoms. The fraction of sp³-hybridized carbons (Fsp3) is 0.882. The summed E-state index contributed by atoms with van der Waals surface area (Å²) in [5, 5.41) is 6.73. The molecule has 2 saturated heterocycles. The van der Waals surface area contributed by atoms with E-state index in [0.29, 0.717) is 12.0 Å². The Bertz CT molecular complexity index is 392. The van der Waals surface area contributed by atoms with Crippen LogP contribution in [0.5, 0.6) is 0 Å². The monoisotopic (exact) mass is 452 g/mol. The number of guanidine groups is 1. The molecule has 1 amide bonds. The number of amides is 1. The Balaban J connectivity index is 0.00000288. The predicted molar refractivity (Wildman–Crippen MR) is 108 cm³/mol. The first-order chi connectivity index (χ1) is 11.2. The Morgan fingerprint density at radius 2 is 2.00 bits per heavy atom. The molecule has 140 valence electrons. The minimum atomic E-state index is 0. The zero-order valence-electron chi connectivity index (χ0n) is 15.1. The van der Waals surface area contributed by atoms with Gasteiger partial charge in [-0.1, -0.05) is 0 Å². The number of hydrogen-bond acceptors (Lipinski definition) is 3. The van der Waals surface area contributed by atoms with Gasteiger partial charge in [-0.2, -0.15) is 0 Å². The normalized spacial score (nSPS) is 22.2. The van der Waals surface area contributed by atoms with Crippen molar-refractivity contribution in [2.24, 2.45) is 10.9 Å². The molecule has 2 N–H and O–H groups in total. The van der Waals surface area contributed by atoms with Crippen molar-refractivity contribution in [3.05, 3.63) is 0 Å². The predicted octanol–water partition coefficient (Wildman–Crippen LogP) is 1.99. The third-order valence-corrected chi connectivity index (χ3v) is 4.73. The van der Waals surface area contributed by atoms with E-state index in [1.54, 1.807) is 6.92 Å². The molecular weight excluding hydrogens is 419 g/mol. The van der Waals surface area contributed by atoms with Gasteiger partial charge in [-0.15, -0.1) is 24.0 Å². The molecule has 2 heterocycles. The molecule has 2 aliphatic heterocycles. The van der Waals surface area contributed by atoms with Crippen LogP contribution in [0.2, 0.25) is 0 Å². The summed E-state index contributed by atoms with van der Waals surface area (Å²) >= 11 is 0. The van der Waals surface area contributed by atoms with E-state index in [1.807, 2.05) is 4.90 Å². The molecular formula is C17H33IN4O2. The average molecular weight is 452 g/mol. The van der Waals surface area contributed by atoms with Crippen molar-refractivity contribution in [3.8, 4) is 0 Å². The number of carbonyl (C=O) groups excluding carboxylic acids is 1. The number of carbonyl (C=O) groups is 1. The number of halogens is 1. The SMILES string of the molecule is CCNC(=NCC1CCCO1)NCCC1CCN(C(C)=O)CC1.I. The van der Waals surface area contributed by atoms with Crippen LogP contribution in [0.1, 0.15) is 46.0 Å². The molecule has 0 radical (unpaired) electrons. The number of ether oxygens (including phenoxy) is 1. The lowest BCUT2D eigenvalue weighted by Gasteiger charge is -2.31. The molecule has 0 aromatic heterocycles. The van der Waals surface area contributed by atoms with Gasteiger partial charge in [0.05, 0.1) is 12.6 Å². The van der Waals surface area contributed by atoms with Gasteiger partial charge in [0.25, 0.3) is 0 Å². The lowest BCUT2D eigenvalue weighted by Crippen LogP contribution is -2.40. The van der Waals surface area contributed by atoms with Crippen LogP contribution in [0.25, 0.3) is 0 Å². The number of piperidine rings is 1. The maximum absolute atomic E-state index is 11.3. The highest BCUT2D eigenvalue weighted by Crippen LogP contribution is 2.19. The van der Waals surface area contributed by atoms with Crippen LogP contribution in [0, 0.1) is 5.92 Å². The van der Waals surface area contributed by atoms with Crippen LogP contribution in [-0.4, -0.2) is 62.2 Å². The van der Waals surface area contributed by atoms with Gasteiger partial charge in [-0.25, -0.2) is 0 Å². The van der Waals surface area contributed by atoms with Crippen molar-refractivity contribution in [1.29, 1.82) is 0 Å². The zero-order valence-corrected chi connectivity index (χ0v) is 17.4. The smallest absolute Gasteiger partial charge is 0.219 e. The molecule has 2 rings (SSSR count). The van der Waals surface area contributed by atoms with Crippen LogP contribution in [0.15, 0.2) is 4.99 Å². The molecule has 2 fully saturated rings. The van der Waals surface area contributed by atoms with E-state index in [1.165, 1.54) is 0 Å². The Kier molecular flexibility index (Phi) is 10.6. The lowest BCUT2D eigenvalue weighted by atomic mass is 9.93. The fourth-order valence-electron chi connectivity index (χ4n) is 3.25. The summed E-state index contributed by atoms with van der Waals surface area (Å²) < 4.78 is 5.62. The molecule has 0 aromatic rings. The van der Waals surface area contributed by atoms with Crippen LogP contribution in [-0.2, 0) is 9.53 Å². The van der Waals surface area contributed by atoms with Crippen molar-refractivity contribution < 1.29 is 9.53 Å². The van der Waals surface area contributed by atoms with Gasteiger partial charge in [0.1, 0.15) is 0 Å². The Morgan fingerprint density at radius 3 is 2.58 bits per heavy atom. The van der Waals surface area contributed by atoms with Gasteiger partial charge in [-0.3, -0.25) is 9.79 Å². The van der Waals surface area contributed by atoms with Crippen LogP contribution in [0.4, 0.5) is 0 Å². The summed E-state index contributed by atoms with van der Waals surface area (Å²) in [6.45, 7) is 8.99. The fourth-order valence-corrected chi connectivity index (χ4v) is 3.25. The van der Waals surface area contributed by atoms with E-state index >= 15 is 0 Å². The number of likely N-dealkylation sites (tertiary alicyclic amines) is 1. The number of rotatable bonds is 6. The first-order valence-electron chi connectivity index (χ1n) is 9.08. The van der Waals surface area contributed by atoms with E-state index in [0.717, 1.165) is 77.4 Å². The summed E-state index contributed by atoms with van der Waals surface area (Å²) in [4.78, 5) is 17.9. The first-order valence-corrected chi connectivity index (χ1v) is 9.08. The summed E-state index contributed by atoms with van der Waals surface area (Å²) in [5.41, 5.74) is 0. The van der Waals surface area contributed by atoms with E-state index in [2.05, 4.69) is 22.5 Å². The molecule has 0 bridgehead atoms. The minimum Gasteiger partial charge on any atom is -0.376 e. The zero-order chi connectivity index (χ0) is 16.5. The average Bonchev–Trinajstić information content (AvgIpc) is 3.06. The standard InChI is InChI=1S/C17H32N4O2.HI/c1-3-18-17(20-13-16-5-4-12-23-16)19-9-6-15-7-10-21(11-8-15)14(2)22;/h15-16H,3-13H2,1-2H3,(H2,18,19,20);1H. The Hall–Kier alpha value is -0.570. The number of nitrogens with one attached hydrogen (secondary N) is 2. The summed E-state index contributed by atoms with van der Waals surface area (Å²) in [6, 6.07) is 0. The molecule has 2 aliphatic rings. The van der Waals surface area contributed by atoms with E-state index in [-0.39, 0.29) is 29.9 Å². The van der Waals surface area contributed by atoms with Gasteiger partial charge < -0.3 is 20.3 Å². The van der Waals surface area contributed by atoms with Gasteiger partial charge in [0.15, 0.2) is 5.96 Å². The topological polar surface area (TPSA) is 66.0 Å². The second kappa shape index (κ2) is 11.9. The van der Waals surface area contributed by atoms with Crippen LogP contribution >= 0.6 is 24.0 Å². The molecule has 1 unspecified atom stereocenters. The second-order valence-corrected chi connectivity index (χ2v) is 6.52. The third kappa shape index (κ3) is 7.55. The van der Waals surface area contributed by atoms with E-state index < -0.39 is 0 Å². The van der Waals surface area contributed by atoms with Crippen LogP contribution in [0.3, 0.4) is 0 Å². The molecule has 7 heteroatoms. The Morgan fingerprint density at radius 1 is 1.25 bits per heavy atom. The molecule has 6 nitrogen and oxygen atoms in total. The van der Waals surface area contributed by atoms with Crippen molar-refractivity contribution in [2.45, 2.75) is 52.1 Å². The first kappa shape index (κ1) is 21.5. The second-order valence-electron chi connectivity index (χ2n) is 6.52. The largest absolute Gasteiger partial charge is 0.376 e. The molecule has 0 aromatic carbocycles. The third-order valence-electron chi connectivity index (χ3n) is 4.73. The van der Waals surface area contributed by atoms with E-state index in [4.69, 9.17) is 4.74 Å². The van der Waals surface area contributed by atoms with Crippen molar-refractivity contribution >= 4 is 35.8 Å². The summed E-state index contributed by atoms with van der Waals surface area (Å²) in [7, 11) is 0. The number of aliphatic imine (C=N–C) groups is 1. The highest BCUT2D eigenvalue weighted by Gasteiger charge is 2.20. The van der Waals surface area contributed by atoms with Gasteiger partial charge in [0, 0.05) is 39.7 Å². The summed E-state index contributed by atoms with van der Waals surface area (Å²) in [5.74, 6) is 1.81. The lowest BCUT2D eigenvalue weighted by molar-refractivity contribution is -0.130. The molecule has 0 saturated carbocycles. The minimum absolute atomic E-state index is 0. The van der Waals surface area contributed by atoms with Gasteiger partial charge in [0.2, 0.25) is 5.91 Å². The van der Waals surface area contributed by atoms with Crippen molar-refractivity contribution in [3.63, 3.8) is 0 Å². The maximum atomic E-state index is 11.3. The van der Waals surface area contributed by atoms with Crippen molar-refractivity contribution in [2.75, 3.05) is 39.3 Å². The van der Waals surface area contributed by atoms with E-state index in [9.17, 15) is 4.79 Å². The quantitative estimate of drug-likeness (QED) is 0.368. The van der Waals surface area contributed by atoms with Crippen LogP contribution < -0.4 is 10.6 Å². The highest BCUT2D eigenvalue weighted by molar-refractivity contribution is 14.0.